The van der Waals surface area contributed by atoms with E-state index in [0.717, 1.165) is 31.2 Å². The first-order chi connectivity index (χ1) is 9.87. The summed E-state index contributed by atoms with van der Waals surface area (Å²) in [5.74, 6) is 0. The summed E-state index contributed by atoms with van der Waals surface area (Å²) >= 11 is 6.16. The van der Waals surface area contributed by atoms with Crippen molar-refractivity contribution >= 4 is 27.3 Å². The van der Waals surface area contributed by atoms with Crippen LogP contribution in [0.3, 0.4) is 0 Å². The van der Waals surface area contributed by atoms with E-state index in [2.05, 4.69) is 0 Å². The molecule has 2 rings (SSSR count). The van der Waals surface area contributed by atoms with Crippen LogP contribution in [0.25, 0.3) is 0 Å². The quantitative estimate of drug-likeness (QED) is 0.858. The maximum absolute atomic E-state index is 12.9. The van der Waals surface area contributed by atoms with Gasteiger partial charge >= 0.3 is 0 Å². The minimum absolute atomic E-state index is 0.0762. The topological polar surface area (TPSA) is 63.4 Å². The molecule has 1 aromatic carbocycles. The van der Waals surface area contributed by atoms with Gasteiger partial charge in [0, 0.05) is 18.3 Å². The van der Waals surface area contributed by atoms with Gasteiger partial charge in [0.05, 0.1) is 5.02 Å². The van der Waals surface area contributed by atoms with E-state index in [1.54, 1.807) is 10.4 Å². The van der Waals surface area contributed by atoms with Gasteiger partial charge in [-0.2, -0.15) is 4.31 Å². The molecule has 0 heterocycles. The highest BCUT2D eigenvalue weighted by molar-refractivity contribution is 7.89. The molecule has 2 N–H and O–H groups in total. The number of nitrogens with zero attached hydrogens (tertiary/aromatic N) is 1. The standard InChI is InChI=1S/C15H23ClN2O2S/c1-3-18(12-7-5-4-6-8-12)21(19,20)15-10-14(17)11(2)9-13(15)16/h9-10,12H,3-8,17H2,1-2H3. The molecule has 0 saturated heterocycles. The highest BCUT2D eigenvalue weighted by Gasteiger charge is 2.32. The summed E-state index contributed by atoms with van der Waals surface area (Å²) < 4.78 is 27.5. The molecule has 0 radical (unpaired) electrons. The Morgan fingerprint density at radius 1 is 1.29 bits per heavy atom. The zero-order valence-corrected chi connectivity index (χ0v) is 14.2. The van der Waals surface area contributed by atoms with Crippen LogP contribution in [0.15, 0.2) is 17.0 Å². The Morgan fingerprint density at radius 3 is 2.48 bits per heavy atom. The van der Waals surface area contributed by atoms with Crippen LogP contribution in [-0.2, 0) is 10.0 Å². The zero-order chi connectivity index (χ0) is 15.6. The number of nitrogens with two attached hydrogens (primary N) is 1. The molecule has 0 unspecified atom stereocenters. The van der Waals surface area contributed by atoms with Gasteiger partial charge < -0.3 is 5.73 Å². The van der Waals surface area contributed by atoms with Crippen LogP contribution >= 0.6 is 11.6 Å². The molecular weight excluding hydrogens is 308 g/mol. The van der Waals surface area contributed by atoms with Crippen molar-refractivity contribution in [1.82, 2.24) is 4.31 Å². The Bertz CT molecular complexity index is 610. The lowest BCUT2D eigenvalue weighted by atomic mass is 9.95. The lowest BCUT2D eigenvalue weighted by Gasteiger charge is -2.32. The van der Waals surface area contributed by atoms with Gasteiger partial charge in [0.1, 0.15) is 4.90 Å². The molecule has 0 spiro atoms. The smallest absolute Gasteiger partial charge is 0.244 e. The normalized spacial score (nSPS) is 17.3. The summed E-state index contributed by atoms with van der Waals surface area (Å²) in [5.41, 5.74) is 7.11. The third-order valence-corrected chi connectivity index (χ3v) is 6.69. The number of aryl methyl sites for hydroxylation is 1. The first kappa shape index (κ1) is 16.6. The molecule has 21 heavy (non-hydrogen) atoms. The van der Waals surface area contributed by atoms with Crippen molar-refractivity contribution in [1.29, 1.82) is 0 Å². The van der Waals surface area contributed by atoms with Gasteiger partial charge in [-0.1, -0.05) is 37.8 Å². The van der Waals surface area contributed by atoms with E-state index >= 15 is 0 Å². The molecule has 1 saturated carbocycles. The van der Waals surface area contributed by atoms with E-state index in [1.165, 1.54) is 12.5 Å². The van der Waals surface area contributed by atoms with Gasteiger partial charge in [-0.25, -0.2) is 8.42 Å². The van der Waals surface area contributed by atoms with Crippen LogP contribution in [0.1, 0.15) is 44.6 Å². The monoisotopic (exact) mass is 330 g/mol. The number of rotatable bonds is 4. The van der Waals surface area contributed by atoms with Crippen LogP contribution in [-0.4, -0.2) is 25.3 Å². The van der Waals surface area contributed by atoms with Crippen molar-refractivity contribution in [3.63, 3.8) is 0 Å². The number of anilines is 1. The highest BCUT2D eigenvalue weighted by atomic mass is 35.5. The molecule has 1 fully saturated rings. The average Bonchev–Trinajstić information content (AvgIpc) is 2.44. The molecule has 0 aromatic heterocycles. The summed E-state index contributed by atoms with van der Waals surface area (Å²) in [6.07, 6.45) is 5.20. The minimum atomic E-state index is -3.60. The molecule has 4 nitrogen and oxygen atoms in total. The fraction of sp³-hybridized carbons (Fsp3) is 0.600. The molecule has 0 aliphatic heterocycles. The van der Waals surface area contributed by atoms with Gasteiger partial charge in [0.2, 0.25) is 10.0 Å². The highest BCUT2D eigenvalue weighted by Crippen LogP contribution is 2.32. The second-order valence-electron chi connectivity index (χ2n) is 5.64. The summed E-state index contributed by atoms with van der Waals surface area (Å²) in [5, 5.41) is 0.246. The van der Waals surface area contributed by atoms with Gasteiger partial charge in [-0.05, 0) is 37.5 Å². The van der Waals surface area contributed by atoms with Crippen molar-refractivity contribution in [3.8, 4) is 0 Å². The fourth-order valence-corrected chi connectivity index (χ4v) is 5.27. The maximum atomic E-state index is 12.9. The summed E-state index contributed by atoms with van der Waals surface area (Å²) in [4.78, 5) is 0.125. The molecule has 6 heteroatoms. The maximum Gasteiger partial charge on any atom is 0.244 e. The molecule has 0 atom stereocenters. The lowest BCUT2D eigenvalue weighted by Crippen LogP contribution is -2.41. The Kier molecular flexibility index (Phi) is 5.17. The molecule has 0 amide bonds. The predicted molar refractivity (Wildman–Crippen MR) is 87.0 cm³/mol. The van der Waals surface area contributed by atoms with Gasteiger partial charge in [-0.3, -0.25) is 0 Å². The Labute approximate surface area is 132 Å². The van der Waals surface area contributed by atoms with Crippen molar-refractivity contribution in [2.75, 3.05) is 12.3 Å². The predicted octanol–water partition coefficient (Wildman–Crippen LogP) is 3.57. The summed E-state index contributed by atoms with van der Waals surface area (Å²) in [7, 11) is -3.60. The molecule has 118 valence electrons. The number of benzene rings is 1. The zero-order valence-electron chi connectivity index (χ0n) is 12.6. The second-order valence-corrected chi connectivity index (χ2v) is 7.91. The molecule has 1 aliphatic carbocycles. The molecular formula is C15H23ClN2O2S. The van der Waals surface area contributed by atoms with Crippen molar-refractivity contribution in [2.24, 2.45) is 0 Å². The second kappa shape index (κ2) is 6.55. The molecule has 0 bridgehead atoms. The summed E-state index contributed by atoms with van der Waals surface area (Å²) in [6, 6.07) is 3.18. The van der Waals surface area contributed by atoms with E-state index in [9.17, 15) is 8.42 Å². The third-order valence-electron chi connectivity index (χ3n) is 4.20. The largest absolute Gasteiger partial charge is 0.398 e. The van der Waals surface area contributed by atoms with E-state index < -0.39 is 10.0 Å². The number of hydrogen-bond acceptors (Lipinski definition) is 3. The van der Waals surface area contributed by atoms with Gasteiger partial charge in [-0.15, -0.1) is 0 Å². The first-order valence-electron chi connectivity index (χ1n) is 7.45. The van der Waals surface area contributed by atoms with E-state index in [4.69, 9.17) is 17.3 Å². The van der Waals surface area contributed by atoms with Crippen LogP contribution in [0.5, 0.6) is 0 Å². The first-order valence-corrected chi connectivity index (χ1v) is 9.27. The number of nitrogen functional groups attached to an aromatic ring is 1. The molecule has 1 aromatic rings. The van der Waals surface area contributed by atoms with Gasteiger partial charge in [0.15, 0.2) is 0 Å². The summed E-state index contributed by atoms with van der Waals surface area (Å²) in [6.45, 7) is 4.14. The average molecular weight is 331 g/mol. The number of halogens is 1. The lowest BCUT2D eigenvalue weighted by molar-refractivity contribution is 0.261. The Hall–Kier alpha value is -0.780. The third kappa shape index (κ3) is 3.35. The van der Waals surface area contributed by atoms with Crippen LogP contribution < -0.4 is 5.73 Å². The Morgan fingerprint density at radius 2 is 1.90 bits per heavy atom. The Balaban J connectivity index is 2.41. The van der Waals surface area contributed by atoms with Gasteiger partial charge in [0.25, 0.3) is 0 Å². The molecule has 1 aliphatic rings. The van der Waals surface area contributed by atoms with Crippen molar-refractivity contribution < 1.29 is 8.42 Å². The van der Waals surface area contributed by atoms with E-state index in [-0.39, 0.29) is 16.0 Å². The SMILES string of the molecule is CCN(C1CCCCC1)S(=O)(=O)c1cc(N)c(C)cc1Cl. The van der Waals surface area contributed by atoms with Crippen LogP contribution in [0.2, 0.25) is 5.02 Å². The van der Waals surface area contributed by atoms with E-state index in [1.807, 2.05) is 13.8 Å². The van der Waals surface area contributed by atoms with Crippen LogP contribution in [0, 0.1) is 6.92 Å². The van der Waals surface area contributed by atoms with Crippen LogP contribution in [0.4, 0.5) is 5.69 Å². The van der Waals surface area contributed by atoms with Crippen molar-refractivity contribution in [3.05, 3.63) is 22.7 Å². The minimum Gasteiger partial charge on any atom is -0.398 e. The van der Waals surface area contributed by atoms with Crippen molar-refractivity contribution in [2.45, 2.75) is 56.9 Å². The van der Waals surface area contributed by atoms with E-state index in [0.29, 0.717) is 12.2 Å². The number of hydrogen-bond donors (Lipinski definition) is 1. The fourth-order valence-electron chi connectivity index (χ4n) is 2.99. The number of sulfonamides is 1.